The average molecular weight is 267 g/mol. The molecule has 0 aliphatic carbocycles. The molecule has 0 bridgehead atoms. The van der Waals surface area contributed by atoms with Crippen LogP contribution in [0.15, 0.2) is 18.2 Å². The van der Waals surface area contributed by atoms with Crippen LogP contribution in [0, 0.1) is 0 Å². The molecule has 1 amide bonds. The summed E-state index contributed by atoms with van der Waals surface area (Å²) < 4.78 is 0. The van der Waals surface area contributed by atoms with E-state index in [1.807, 2.05) is 11.8 Å². The third-order valence-electron chi connectivity index (χ3n) is 2.64. The fraction of sp³-hybridized carbons (Fsp3) is 0.462. The normalized spacial score (nSPS) is 12.1. The van der Waals surface area contributed by atoms with Crippen LogP contribution >= 0.6 is 11.8 Å². The first-order valence-corrected chi connectivity index (χ1v) is 7.23. The van der Waals surface area contributed by atoms with Crippen LogP contribution < -0.4 is 16.8 Å². The Morgan fingerprint density at radius 1 is 1.50 bits per heavy atom. The van der Waals surface area contributed by atoms with Crippen LogP contribution in [0.1, 0.15) is 30.6 Å². The molecule has 1 aromatic carbocycles. The molecular weight excluding hydrogens is 246 g/mol. The minimum Gasteiger partial charge on any atom is -0.397 e. The Bertz CT molecular complexity index is 409. The Hall–Kier alpha value is -1.36. The molecule has 1 atom stereocenters. The zero-order valence-electron chi connectivity index (χ0n) is 10.9. The zero-order chi connectivity index (χ0) is 13.5. The fourth-order valence-corrected chi connectivity index (χ4v) is 2.40. The highest BCUT2D eigenvalue weighted by Crippen LogP contribution is 2.21. The van der Waals surface area contributed by atoms with Gasteiger partial charge in [0.2, 0.25) is 5.91 Å². The standard InChI is InChI=1S/C13H21N3OS/c1-3-18-7-6-9(2)16-12-5-4-10(13(15)17)8-11(12)14/h4-5,8-9,16H,3,6-7,14H2,1-2H3,(H2,15,17). The third-order valence-corrected chi connectivity index (χ3v) is 3.57. The van der Waals surface area contributed by atoms with E-state index in [0.717, 1.165) is 23.6 Å². The Kier molecular flexibility index (Phi) is 5.85. The molecule has 4 nitrogen and oxygen atoms in total. The van der Waals surface area contributed by atoms with E-state index in [1.54, 1.807) is 18.2 Å². The Morgan fingerprint density at radius 3 is 2.78 bits per heavy atom. The Balaban J connectivity index is 2.59. The minimum absolute atomic E-state index is 0.353. The molecule has 1 aromatic rings. The van der Waals surface area contributed by atoms with Gasteiger partial charge in [-0.05, 0) is 43.0 Å². The number of thioether (sulfide) groups is 1. The van der Waals surface area contributed by atoms with E-state index < -0.39 is 5.91 Å². The lowest BCUT2D eigenvalue weighted by molar-refractivity contribution is 0.100. The molecule has 0 spiro atoms. The van der Waals surface area contributed by atoms with Gasteiger partial charge in [-0.25, -0.2) is 0 Å². The van der Waals surface area contributed by atoms with Gasteiger partial charge in [0.25, 0.3) is 0 Å². The number of anilines is 2. The number of hydrogen-bond donors (Lipinski definition) is 3. The summed E-state index contributed by atoms with van der Waals surface area (Å²) in [7, 11) is 0. The van der Waals surface area contributed by atoms with E-state index in [0.29, 0.717) is 17.3 Å². The van der Waals surface area contributed by atoms with E-state index in [4.69, 9.17) is 11.5 Å². The van der Waals surface area contributed by atoms with Crippen LogP contribution in [0.25, 0.3) is 0 Å². The molecular formula is C13H21N3OS. The van der Waals surface area contributed by atoms with Crippen LogP contribution in [-0.4, -0.2) is 23.5 Å². The van der Waals surface area contributed by atoms with E-state index in [2.05, 4.69) is 19.2 Å². The van der Waals surface area contributed by atoms with Gasteiger partial charge in [-0.15, -0.1) is 0 Å². The SMILES string of the molecule is CCSCCC(C)Nc1ccc(C(N)=O)cc1N. The van der Waals surface area contributed by atoms with Gasteiger partial charge in [0, 0.05) is 11.6 Å². The highest BCUT2D eigenvalue weighted by molar-refractivity contribution is 7.99. The quantitative estimate of drug-likeness (QED) is 0.523. The maximum atomic E-state index is 11.0. The molecule has 0 saturated carbocycles. The summed E-state index contributed by atoms with van der Waals surface area (Å²) in [5.41, 5.74) is 12.9. The summed E-state index contributed by atoms with van der Waals surface area (Å²) in [6.07, 6.45) is 1.08. The molecule has 0 saturated heterocycles. The van der Waals surface area contributed by atoms with Crippen LogP contribution in [0.5, 0.6) is 0 Å². The van der Waals surface area contributed by atoms with Crippen LogP contribution in [0.4, 0.5) is 11.4 Å². The maximum Gasteiger partial charge on any atom is 0.248 e. The van der Waals surface area contributed by atoms with Gasteiger partial charge < -0.3 is 16.8 Å². The molecule has 18 heavy (non-hydrogen) atoms. The number of nitrogens with one attached hydrogen (secondary N) is 1. The summed E-state index contributed by atoms with van der Waals surface area (Å²) in [4.78, 5) is 11.0. The lowest BCUT2D eigenvalue weighted by Gasteiger charge is -2.16. The number of primary amides is 1. The molecule has 1 rings (SSSR count). The van der Waals surface area contributed by atoms with Gasteiger partial charge in [-0.3, -0.25) is 4.79 Å². The number of amides is 1. The maximum absolute atomic E-state index is 11.0. The summed E-state index contributed by atoms with van der Waals surface area (Å²) in [5, 5.41) is 3.34. The molecule has 5 N–H and O–H groups in total. The zero-order valence-corrected chi connectivity index (χ0v) is 11.7. The predicted octanol–water partition coefficient (Wildman–Crippen LogP) is 2.31. The van der Waals surface area contributed by atoms with Gasteiger partial charge in [-0.2, -0.15) is 11.8 Å². The monoisotopic (exact) mass is 267 g/mol. The fourth-order valence-electron chi connectivity index (χ4n) is 1.59. The first kappa shape index (κ1) is 14.7. The summed E-state index contributed by atoms with van der Waals surface area (Å²) in [5.74, 6) is 1.81. The van der Waals surface area contributed by atoms with Crippen LogP contribution in [0.3, 0.4) is 0 Å². The number of carbonyl (C=O) groups is 1. The van der Waals surface area contributed by atoms with E-state index in [9.17, 15) is 4.79 Å². The second-order valence-corrected chi connectivity index (χ2v) is 5.59. The van der Waals surface area contributed by atoms with Crippen molar-refractivity contribution in [2.45, 2.75) is 26.3 Å². The number of nitrogens with two attached hydrogens (primary N) is 2. The highest BCUT2D eigenvalue weighted by atomic mass is 32.2. The molecule has 1 unspecified atom stereocenters. The van der Waals surface area contributed by atoms with Crippen molar-refractivity contribution in [1.29, 1.82) is 0 Å². The minimum atomic E-state index is -0.458. The van der Waals surface area contributed by atoms with Gasteiger partial charge in [0.1, 0.15) is 0 Å². The first-order chi connectivity index (χ1) is 8.54. The van der Waals surface area contributed by atoms with Gasteiger partial charge in [0.15, 0.2) is 0 Å². The molecule has 0 radical (unpaired) electrons. The van der Waals surface area contributed by atoms with Crippen molar-refractivity contribution in [3.8, 4) is 0 Å². The summed E-state index contributed by atoms with van der Waals surface area (Å²) >= 11 is 1.93. The number of nitrogen functional groups attached to an aromatic ring is 1. The molecule has 0 aromatic heterocycles. The van der Waals surface area contributed by atoms with E-state index in [-0.39, 0.29) is 0 Å². The van der Waals surface area contributed by atoms with E-state index in [1.165, 1.54) is 0 Å². The molecule has 100 valence electrons. The van der Waals surface area contributed by atoms with Crippen LogP contribution in [-0.2, 0) is 0 Å². The summed E-state index contributed by atoms with van der Waals surface area (Å²) in [6.45, 7) is 4.28. The van der Waals surface area contributed by atoms with Crippen molar-refractivity contribution in [1.82, 2.24) is 0 Å². The number of carbonyl (C=O) groups excluding carboxylic acids is 1. The van der Waals surface area contributed by atoms with Crippen molar-refractivity contribution in [3.63, 3.8) is 0 Å². The largest absolute Gasteiger partial charge is 0.397 e. The van der Waals surface area contributed by atoms with Crippen molar-refractivity contribution in [2.24, 2.45) is 5.73 Å². The van der Waals surface area contributed by atoms with Gasteiger partial charge in [-0.1, -0.05) is 6.92 Å². The van der Waals surface area contributed by atoms with E-state index >= 15 is 0 Å². The van der Waals surface area contributed by atoms with Crippen molar-refractivity contribution < 1.29 is 4.79 Å². The topological polar surface area (TPSA) is 81.1 Å². The van der Waals surface area contributed by atoms with Crippen molar-refractivity contribution in [2.75, 3.05) is 22.6 Å². The van der Waals surface area contributed by atoms with Gasteiger partial charge >= 0.3 is 0 Å². The number of hydrogen-bond acceptors (Lipinski definition) is 4. The Labute approximate surface area is 113 Å². The molecule has 0 aliphatic heterocycles. The second-order valence-electron chi connectivity index (χ2n) is 4.20. The van der Waals surface area contributed by atoms with Gasteiger partial charge in [0.05, 0.1) is 11.4 Å². The Morgan fingerprint density at radius 2 is 2.22 bits per heavy atom. The lowest BCUT2D eigenvalue weighted by atomic mass is 10.1. The highest BCUT2D eigenvalue weighted by Gasteiger charge is 2.07. The molecule has 0 fully saturated rings. The smallest absolute Gasteiger partial charge is 0.248 e. The van der Waals surface area contributed by atoms with Crippen molar-refractivity contribution >= 4 is 29.0 Å². The average Bonchev–Trinajstić information content (AvgIpc) is 2.32. The second kappa shape index (κ2) is 7.16. The molecule has 0 aliphatic rings. The van der Waals surface area contributed by atoms with Crippen LogP contribution in [0.2, 0.25) is 0 Å². The number of rotatable bonds is 7. The number of benzene rings is 1. The lowest BCUT2D eigenvalue weighted by Crippen LogP contribution is -2.18. The predicted molar refractivity (Wildman–Crippen MR) is 80.1 cm³/mol. The molecule has 5 heteroatoms. The summed E-state index contributed by atoms with van der Waals surface area (Å²) in [6, 6.07) is 5.46. The molecule has 0 heterocycles. The third kappa shape index (κ3) is 4.49. The van der Waals surface area contributed by atoms with Crippen molar-refractivity contribution in [3.05, 3.63) is 23.8 Å². The first-order valence-electron chi connectivity index (χ1n) is 6.08.